The highest BCUT2D eigenvalue weighted by Gasteiger charge is 2.46. The monoisotopic (exact) mass is 358 g/mol. The summed E-state index contributed by atoms with van der Waals surface area (Å²) in [6.07, 6.45) is 11.8. The number of carbonyl (C=O) groups is 2. The van der Waals surface area contributed by atoms with Crippen LogP contribution in [-0.2, 0) is 25.6 Å². The van der Waals surface area contributed by atoms with Gasteiger partial charge in [0, 0.05) is 18.8 Å². The molecule has 1 aromatic rings. The highest BCUT2D eigenvalue weighted by molar-refractivity contribution is 5.86. The van der Waals surface area contributed by atoms with E-state index in [0.29, 0.717) is 6.54 Å². The maximum atomic E-state index is 12.6. The van der Waals surface area contributed by atoms with Crippen molar-refractivity contribution in [3.63, 3.8) is 0 Å². The first-order chi connectivity index (χ1) is 12.6. The molecule has 0 atom stereocenters. The molecule has 140 valence electrons. The van der Waals surface area contributed by atoms with E-state index in [0.717, 1.165) is 56.2 Å². The van der Waals surface area contributed by atoms with Crippen LogP contribution in [0.1, 0.15) is 56.2 Å². The third-order valence-corrected chi connectivity index (χ3v) is 5.24. The van der Waals surface area contributed by atoms with Crippen molar-refractivity contribution in [2.75, 3.05) is 7.11 Å². The second-order valence-electron chi connectivity index (χ2n) is 7.04. The van der Waals surface area contributed by atoms with Gasteiger partial charge < -0.3 is 9.47 Å². The summed E-state index contributed by atoms with van der Waals surface area (Å²) in [5, 5.41) is 3.37. The highest BCUT2D eigenvalue weighted by Crippen LogP contribution is 2.35. The average Bonchev–Trinajstić information content (AvgIpc) is 3.12. The summed E-state index contributed by atoms with van der Waals surface area (Å²) < 4.78 is 10.3. The zero-order valence-electron chi connectivity index (χ0n) is 15.2. The quantitative estimate of drug-likeness (QED) is 0.596. The Balaban J connectivity index is 1.54. The molecule has 1 N–H and O–H groups in total. The predicted molar refractivity (Wildman–Crippen MR) is 97.1 cm³/mol. The van der Waals surface area contributed by atoms with E-state index < -0.39 is 11.5 Å². The topological polar surface area (TPSA) is 77.5 Å². The molecule has 1 heterocycles. The van der Waals surface area contributed by atoms with E-state index in [1.165, 1.54) is 13.2 Å². The lowest BCUT2D eigenvalue weighted by Crippen LogP contribution is -2.58. The molecule has 0 radical (unpaired) electrons. The average molecular weight is 358 g/mol. The lowest BCUT2D eigenvalue weighted by atomic mass is 9.76. The Hall–Kier alpha value is -2.21. The first-order valence-electron chi connectivity index (χ1n) is 9.28. The Morgan fingerprint density at radius 1 is 1.27 bits per heavy atom. The van der Waals surface area contributed by atoms with Crippen molar-refractivity contribution in [3.8, 4) is 0 Å². The Bertz CT molecular complexity index is 659. The van der Waals surface area contributed by atoms with Crippen molar-refractivity contribution in [2.45, 2.75) is 63.1 Å². The van der Waals surface area contributed by atoms with E-state index in [9.17, 15) is 9.59 Å². The fourth-order valence-electron chi connectivity index (χ4n) is 3.38. The zero-order valence-corrected chi connectivity index (χ0v) is 15.2. The van der Waals surface area contributed by atoms with Crippen molar-refractivity contribution in [1.82, 2.24) is 10.3 Å². The number of methoxy groups -OCH3 is 1. The van der Waals surface area contributed by atoms with Crippen LogP contribution in [0.25, 0.3) is 6.08 Å². The highest BCUT2D eigenvalue weighted by atomic mass is 16.5. The Labute approximate surface area is 154 Å². The van der Waals surface area contributed by atoms with Crippen molar-refractivity contribution in [3.05, 3.63) is 35.7 Å². The molecule has 0 amide bonds. The van der Waals surface area contributed by atoms with Crippen LogP contribution < -0.4 is 5.32 Å². The van der Waals surface area contributed by atoms with Gasteiger partial charge in [0.2, 0.25) is 0 Å². The number of nitrogens with zero attached hydrogens (tertiary/aromatic N) is 1. The number of nitrogens with one attached hydrogen (secondary N) is 1. The largest absolute Gasteiger partial charge is 0.466 e. The van der Waals surface area contributed by atoms with Gasteiger partial charge in [-0.3, -0.25) is 15.1 Å². The molecule has 0 unspecified atom stereocenters. The Kier molecular flexibility index (Phi) is 6.04. The minimum absolute atomic E-state index is 0.0979. The molecular formula is C20H26N2O4. The molecule has 6 nitrogen and oxygen atoms in total. The van der Waals surface area contributed by atoms with Gasteiger partial charge in [0.25, 0.3) is 0 Å². The number of pyridine rings is 1. The van der Waals surface area contributed by atoms with Gasteiger partial charge >= 0.3 is 11.9 Å². The molecule has 0 spiro atoms. The number of aromatic nitrogens is 1. The number of hydrogen-bond acceptors (Lipinski definition) is 6. The van der Waals surface area contributed by atoms with Crippen LogP contribution in [-0.4, -0.2) is 35.7 Å². The van der Waals surface area contributed by atoms with E-state index in [1.807, 2.05) is 12.1 Å². The minimum Gasteiger partial charge on any atom is -0.466 e. The van der Waals surface area contributed by atoms with Gasteiger partial charge in [-0.2, -0.15) is 0 Å². The number of carbonyl (C=O) groups excluding carboxylic acids is 2. The van der Waals surface area contributed by atoms with Crippen molar-refractivity contribution in [1.29, 1.82) is 0 Å². The van der Waals surface area contributed by atoms with Crippen molar-refractivity contribution in [2.24, 2.45) is 0 Å². The van der Waals surface area contributed by atoms with Crippen LogP contribution in [0.4, 0.5) is 0 Å². The molecule has 2 aliphatic carbocycles. The summed E-state index contributed by atoms with van der Waals surface area (Å²) in [5.41, 5.74) is 1.12. The van der Waals surface area contributed by atoms with Crippen LogP contribution in [0.15, 0.2) is 24.4 Å². The predicted octanol–water partition coefficient (Wildman–Crippen LogP) is 2.77. The first-order valence-corrected chi connectivity index (χ1v) is 9.28. The van der Waals surface area contributed by atoms with Gasteiger partial charge in [0.15, 0.2) is 0 Å². The number of hydrogen-bond donors (Lipinski definition) is 1. The zero-order chi connectivity index (χ0) is 18.4. The summed E-state index contributed by atoms with van der Waals surface area (Å²) in [7, 11) is 1.34. The summed E-state index contributed by atoms with van der Waals surface area (Å²) in [6, 6.07) is 3.77. The standard InChI is InChI=1S/C20H26N2O4/c1-25-18(23)10-8-15-7-9-16(21-13-15)14-22-20(11-4-12-20)19(24)26-17-5-2-3-6-17/h7-10,13,17,22H,2-6,11-12,14H2,1H3. The molecule has 0 aromatic carbocycles. The second kappa shape index (κ2) is 8.45. The Morgan fingerprint density at radius 3 is 2.62 bits per heavy atom. The van der Waals surface area contributed by atoms with E-state index in [1.54, 1.807) is 12.3 Å². The molecule has 2 fully saturated rings. The van der Waals surface area contributed by atoms with Gasteiger partial charge in [-0.25, -0.2) is 4.79 Å². The van der Waals surface area contributed by atoms with Crippen LogP contribution in [0.2, 0.25) is 0 Å². The molecule has 6 heteroatoms. The normalized spacial score (nSPS) is 19.3. The molecular weight excluding hydrogens is 332 g/mol. The van der Waals surface area contributed by atoms with Gasteiger partial charge in [0.1, 0.15) is 11.6 Å². The number of esters is 2. The van der Waals surface area contributed by atoms with Gasteiger partial charge in [-0.15, -0.1) is 0 Å². The molecule has 26 heavy (non-hydrogen) atoms. The number of ether oxygens (including phenoxy) is 2. The van der Waals surface area contributed by atoms with Gasteiger partial charge in [-0.1, -0.05) is 6.07 Å². The van der Waals surface area contributed by atoms with E-state index in [4.69, 9.17) is 4.74 Å². The molecule has 2 aliphatic rings. The third-order valence-electron chi connectivity index (χ3n) is 5.24. The molecule has 3 rings (SSSR count). The first kappa shape index (κ1) is 18.6. The second-order valence-corrected chi connectivity index (χ2v) is 7.04. The maximum absolute atomic E-state index is 12.6. The van der Waals surface area contributed by atoms with Crippen LogP contribution in [0.5, 0.6) is 0 Å². The van der Waals surface area contributed by atoms with Crippen molar-refractivity contribution < 1.29 is 19.1 Å². The third kappa shape index (κ3) is 4.49. The van der Waals surface area contributed by atoms with Crippen molar-refractivity contribution >= 4 is 18.0 Å². The molecule has 0 bridgehead atoms. The fraction of sp³-hybridized carbons (Fsp3) is 0.550. The fourth-order valence-corrected chi connectivity index (χ4v) is 3.38. The SMILES string of the molecule is COC(=O)C=Cc1ccc(CNC2(C(=O)OC3CCCC3)CCC2)nc1. The summed E-state index contributed by atoms with van der Waals surface area (Å²) >= 11 is 0. The molecule has 1 aromatic heterocycles. The number of rotatable bonds is 7. The van der Waals surface area contributed by atoms with E-state index in [-0.39, 0.29) is 12.1 Å². The molecule has 2 saturated carbocycles. The summed E-state index contributed by atoms with van der Waals surface area (Å²) in [5.74, 6) is -0.503. The van der Waals surface area contributed by atoms with Gasteiger partial charge in [-0.05, 0) is 62.7 Å². The summed E-state index contributed by atoms with van der Waals surface area (Å²) in [4.78, 5) is 28.1. The molecule has 0 aliphatic heterocycles. The van der Waals surface area contributed by atoms with Gasteiger partial charge in [0.05, 0.1) is 12.8 Å². The van der Waals surface area contributed by atoms with Crippen LogP contribution in [0, 0.1) is 0 Å². The smallest absolute Gasteiger partial charge is 0.330 e. The van der Waals surface area contributed by atoms with Crippen LogP contribution >= 0.6 is 0 Å². The lowest BCUT2D eigenvalue weighted by molar-refractivity contribution is -0.161. The Morgan fingerprint density at radius 2 is 2.04 bits per heavy atom. The van der Waals surface area contributed by atoms with Crippen LogP contribution in [0.3, 0.4) is 0 Å². The lowest BCUT2D eigenvalue weighted by Gasteiger charge is -2.40. The molecule has 0 saturated heterocycles. The summed E-state index contributed by atoms with van der Waals surface area (Å²) in [6.45, 7) is 0.515. The maximum Gasteiger partial charge on any atom is 0.330 e. The minimum atomic E-state index is -0.548. The van der Waals surface area contributed by atoms with E-state index in [2.05, 4.69) is 15.0 Å². The van der Waals surface area contributed by atoms with E-state index >= 15 is 0 Å².